The van der Waals surface area contributed by atoms with Crippen molar-refractivity contribution in [2.75, 3.05) is 26.8 Å². The first kappa shape index (κ1) is 13.9. The predicted octanol–water partition coefficient (Wildman–Crippen LogP) is 2.18. The highest BCUT2D eigenvalue weighted by Gasteiger charge is 2.22. The first-order valence-electron chi connectivity index (χ1n) is 6.53. The Morgan fingerprint density at radius 2 is 2.37 bits per heavy atom. The van der Waals surface area contributed by atoms with Crippen molar-refractivity contribution in [1.29, 1.82) is 0 Å². The number of ether oxygens (including phenoxy) is 2. The molecular formula is C15H21NO3. The molecule has 1 aliphatic rings. The van der Waals surface area contributed by atoms with Crippen molar-refractivity contribution < 1.29 is 14.6 Å². The van der Waals surface area contributed by atoms with Crippen molar-refractivity contribution in [3.05, 3.63) is 36.4 Å². The van der Waals surface area contributed by atoms with Gasteiger partial charge in [-0.25, -0.2) is 0 Å². The molecule has 1 aliphatic heterocycles. The van der Waals surface area contributed by atoms with Crippen LogP contribution in [0.3, 0.4) is 0 Å². The van der Waals surface area contributed by atoms with Crippen LogP contribution in [0.15, 0.2) is 30.9 Å². The second kappa shape index (κ2) is 6.59. The minimum atomic E-state index is 0.180. The zero-order valence-corrected chi connectivity index (χ0v) is 11.3. The highest BCUT2D eigenvalue weighted by Crippen LogP contribution is 2.27. The Bertz CT molecular complexity index is 433. The van der Waals surface area contributed by atoms with E-state index in [9.17, 15) is 5.11 Å². The van der Waals surface area contributed by atoms with Crippen molar-refractivity contribution in [2.45, 2.75) is 19.1 Å². The van der Waals surface area contributed by atoms with Gasteiger partial charge in [-0.2, -0.15) is 0 Å². The molecule has 1 aromatic rings. The molecule has 1 atom stereocenters. The zero-order chi connectivity index (χ0) is 13.7. The van der Waals surface area contributed by atoms with E-state index in [0.29, 0.717) is 18.5 Å². The number of rotatable bonds is 6. The Hall–Kier alpha value is -1.52. The van der Waals surface area contributed by atoms with E-state index in [-0.39, 0.29) is 5.75 Å². The molecule has 0 amide bonds. The van der Waals surface area contributed by atoms with Gasteiger partial charge in [-0.3, -0.25) is 4.90 Å². The summed E-state index contributed by atoms with van der Waals surface area (Å²) in [6, 6.07) is 5.49. The lowest BCUT2D eigenvalue weighted by Gasteiger charge is -2.16. The van der Waals surface area contributed by atoms with Gasteiger partial charge in [0.05, 0.1) is 19.8 Å². The van der Waals surface area contributed by atoms with E-state index >= 15 is 0 Å². The van der Waals surface area contributed by atoms with E-state index in [1.807, 2.05) is 12.1 Å². The smallest absolute Gasteiger partial charge is 0.160 e. The van der Waals surface area contributed by atoms with Gasteiger partial charge in [0.1, 0.15) is 0 Å². The van der Waals surface area contributed by atoms with Crippen molar-refractivity contribution >= 4 is 0 Å². The van der Waals surface area contributed by atoms with Crippen molar-refractivity contribution in [3.63, 3.8) is 0 Å². The van der Waals surface area contributed by atoms with Crippen molar-refractivity contribution in [3.8, 4) is 11.5 Å². The third-order valence-electron chi connectivity index (χ3n) is 3.33. The number of benzene rings is 1. The molecule has 4 nitrogen and oxygen atoms in total. The van der Waals surface area contributed by atoms with Crippen LogP contribution in [0.4, 0.5) is 0 Å². The number of aromatic hydroxyl groups is 1. The molecule has 0 bridgehead atoms. The topological polar surface area (TPSA) is 41.9 Å². The Morgan fingerprint density at radius 1 is 1.53 bits per heavy atom. The second-order valence-electron chi connectivity index (χ2n) is 4.77. The summed E-state index contributed by atoms with van der Waals surface area (Å²) in [6.07, 6.45) is 3.15. The fourth-order valence-electron chi connectivity index (χ4n) is 2.36. The van der Waals surface area contributed by atoms with Crippen LogP contribution >= 0.6 is 0 Å². The molecule has 2 rings (SSSR count). The van der Waals surface area contributed by atoms with Crippen molar-refractivity contribution in [1.82, 2.24) is 4.90 Å². The highest BCUT2D eigenvalue weighted by atomic mass is 16.5. The lowest BCUT2D eigenvalue weighted by Crippen LogP contribution is -2.23. The summed E-state index contributed by atoms with van der Waals surface area (Å²) in [6.45, 7) is 7.10. The number of hydrogen-bond acceptors (Lipinski definition) is 4. The van der Waals surface area contributed by atoms with Gasteiger partial charge in [-0.1, -0.05) is 12.1 Å². The Kier molecular flexibility index (Phi) is 4.82. The van der Waals surface area contributed by atoms with E-state index < -0.39 is 0 Å². The Labute approximate surface area is 114 Å². The Balaban J connectivity index is 1.90. The van der Waals surface area contributed by atoms with E-state index in [2.05, 4.69) is 11.5 Å². The summed E-state index contributed by atoms with van der Waals surface area (Å²) >= 11 is 0. The van der Waals surface area contributed by atoms with Crippen LogP contribution in [0.2, 0.25) is 0 Å². The first-order chi connectivity index (χ1) is 9.22. The molecule has 1 saturated heterocycles. The first-order valence-corrected chi connectivity index (χ1v) is 6.53. The van der Waals surface area contributed by atoms with Crippen LogP contribution in [-0.4, -0.2) is 42.9 Å². The van der Waals surface area contributed by atoms with Gasteiger partial charge in [0, 0.05) is 19.6 Å². The number of likely N-dealkylation sites (tertiary alicyclic amines) is 1. The number of hydrogen-bond donors (Lipinski definition) is 1. The van der Waals surface area contributed by atoms with Gasteiger partial charge in [0.25, 0.3) is 0 Å². The maximum atomic E-state index is 9.57. The lowest BCUT2D eigenvalue weighted by atomic mass is 10.2. The van der Waals surface area contributed by atoms with Gasteiger partial charge >= 0.3 is 0 Å². The summed E-state index contributed by atoms with van der Waals surface area (Å²) in [4.78, 5) is 2.35. The van der Waals surface area contributed by atoms with E-state index in [1.165, 1.54) is 0 Å². The third kappa shape index (κ3) is 3.72. The van der Waals surface area contributed by atoms with Gasteiger partial charge < -0.3 is 14.6 Å². The number of phenolic OH excluding ortho intramolecular Hbond substituents is 1. The normalized spacial score (nSPS) is 19.5. The molecule has 1 heterocycles. The maximum Gasteiger partial charge on any atom is 0.160 e. The predicted molar refractivity (Wildman–Crippen MR) is 74.5 cm³/mol. The highest BCUT2D eigenvalue weighted by molar-refractivity contribution is 5.41. The minimum Gasteiger partial charge on any atom is -0.504 e. The average molecular weight is 263 g/mol. The third-order valence-corrected chi connectivity index (χ3v) is 3.33. The molecule has 1 N–H and O–H groups in total. The Morgan fingerprint density at radius 3 is 3.11 bits per heavy atom. The van der Waals surface area contributed by atoms with Crippen molar-refractivity contribution in [2.24, 2.45) is 0 Å². The lowest BCUT2D eigenvalue weighted by molar-refractivity contribution is 0.0795. The fraction of sp³-hybridized carbons (Fsp3) is 0.467. The molecule has 0 aliphatic carbocycles. The molecule has 0 aromatic heterocycles. The quantitative estimate of drug-likeness (QED) is 0.799. The standard InChI is InChI=1S/C15H21NO3/c1-3-8-19-13-6-7-16(11-13)10-12-4-5-14(17)15(9-12)18-2/h3-5,9,13,17H,1,6-8,10-11H2,2H3. The van der Waals surface area contributed by atoms with Crippen LogP contribution in [-0.2, 0) is 11.3 Å². The van der Waals surface area contributed by atoms with Crippen LogP contribution in [0.1, 0.15) is 12.0 Å². The van der Waals surface area contributed by atoms with Crippen LogP contribution in [0.25, 0.3) is 0 Å². The largest absolute Gasteiger partial charge is 0.504 e. The van der Waals surface area contributed by atoms with E-state index in [0.717, 1.165) is 31.6 Å². The molecule has 1 aromatic carbocycles. The summed E-state index contributed by atoms with van der Waals surface area (Å²) in [5.41, 5.74) is 1.14. The minimum absolute atomic E-state index is 0.180. The van der Waals surface area contributed by atoms with Crippen LogP contribution in [0, 0.1) is 0 Å². The van der Waals surface area contributed by atoms with Crippen LogP contribution < -0.4 is 4.74 Å². The SMILES string of the molecule is C=CCOC1CCN(Cc2ccc(O)c(OC)c2)C1. The summed E-state index contributed by atoms with van der Waals surface area (Å²) in [5.74, 6) is 0.705. The van der Waals surface area contributed by atoms with Gasteiger partial charge in [-0.05, 0) is 24.1 Å². The zero-order valence-electron chi connectivity index (χ0n) is 11.3. The average Bonchev–Trinajstić information content (AvgIpc) is 2.86. The molecule has 1 unspecified atom stereocenters. The maximum absolute atomic E-state index is 9.57. The molecule has 0 spiro atoms. The molecule has 0 radical (unpaired) electrons. The van der Waals surface area contributed by atoms with E-state index in [1.54, 1.807) is 19.3 Å². The van der Waals surface area contributed by atoms with Gasteiger partial charge in [-0.15, -0.1) is 6.58 Å². The molecule has 1 fully saturated rings. The van der Waals surface area contributed by atoms with Crippen LogP contribution in [0.5, 0.6) is 11.5 Å². The molecule has 0 saturated carbocycles. The van der Waals surface area contributed by atoms with Gasteiger partial charge in [0.2, 0.25) is 0 Å². The summed E-state index contributed by atoms with van der Waals surface area (Å²) in [7, 11) is 1.56. The van der Waals surface area contributed by atoms with E-state index in [4.69, 9.17) is 9.47 Å². The number of methoxy groups -OCH3 is 1. The monoisotopic (exact) mass is 263 g/mol. The molecule has 19 heavy (non-hydrogen) atoms. The summed E-state index contributed by atoms with van der Waals surface area (Å²) in [5, 5.41) is 9.57. The van der Waals surface area contributed by atoms with Gasteiger partial charge in [0.15, 0.2) is 11.5 Å². The second-order valence-corrected chi connectivity index (χ2v) is 4.77. The molecular weight excluding hydrogens is 242 g/mol. The number of nitrogens with zero attached hydrogens (tertiary/aromatic N) is 1. The molecule has 104 valence electrons. The molecule has 4 heteroatoms. The number of phenols is 1. The fourth-order valence-corrected chi connectivity index (χ4v) is 2.36. The summed E-state index contributed by atoms with van der Waals surface area (Å²) < 4.78 is 10.8.